The number of piperidine rings is 1. The van der Waals surface area contributed by atoms with Crippen molar-refractivity contribution in [3.63, 3.8) is 0 Å². The third-order valence-corrected chi connectivity index (χ3v) is 5.80. The lowest BCUT2D eigenvalue weighted by Gasteiger charge is -2.42. The predicted octanol–water partition coefficient (Wildman–Crippen LogP) is 4.07. The number of methoxy groups -OCH3 is 1. The summed E-state index contributed by atoms with van der Waals surface area (Å²) in [5.74, 6) is 1.83. The van der Waals surface area contributed by atoms with E-state index in [4.69, 9.17) is 4.74 Å². The van der Waals surface area contributed by atoms with Crippen molar-refractivity contribution in [2.24, 2.45) is 5.92 Å². The molecule has 1 aliphatic carbocycles. The van der Waals surface area contributed by atoms with Gasteiger partial charge in [0.05, 0.1) is 7.11 Å². The standard InChI is InChI=1S/C21H26N2O2/c1-25-17-9-10-19-18(13-17)16(14-22-19)8-11-21(24)23-12-4-6-15-5-2-3-7-20(15)23/h2-3,9-10,13-15,20,22H,4-8,11-12H2,1H3. The number of hydrogen-bond acceptors (Lipinski definition) is 2. The number of carbonyl (C=O) groups excluding carboxylic acids is 1. The van der Waals surface area contributed by atoms with Crippen LogP contribution < -0.4 is 4.74 Å². The van der Waals surface area contributed by atoms with Gasteiger partial charge in [0.1, 0.15) is 5.75 Å². The molecule has 0 spiro atoms. The van der Waals surface area contributed by atoms with E-state index in [2.05, 4.69) is 28.1 Å². The normalized spacial score (nSPS) is 22.8. The third-order valence-electron chi connectivity index (χ3n) is 5.80. The lowest BCUT2D eigenvalue weighted by molar-refractivity contribution is -0.136. The van der Waals surface area contributed by atoms with Crippen molar-refractivity contribution in [3.05, 3.63) is 42.1 Å². The number of hydrogen-bond donors (Lipinski definition) is 1. The van der Waals surface area contributed by atoms with Crippen molar-refractivity contribution in [2.45, 2.75) is 44.6 Å². The number of aromatic amines is 1. The van der Waals surface area contributed by atoms with Gasteiger partial charge in [0.25, 0.3) is 0 Å². The van der Waals surface area contributed by atoms with Crippen LogP contribution in [-0.4, -0.2) is 35.5 Å². The van der Waals surface area contributed by atoms with Crippen LogP contribution >= 0.6 is 0 Å². The van der Waals surface area contributed by atoms with E-state index in [0.717, 1.165) is 48.9 Å². The zero-order valence-corrected chi connectivity index (χ0v) is 14.8. The van der Waals surface area contributed by atoms with E-state index in [-0.39, 0.29) is 0 Å². The molecule has 132 valence electrons. The molecular formula is C21H26N2O2. The maximum absolute atomic E-state index is 12.9. The number of rotatable bonds is 4. The average Bonchev–Trinajstić information content (AvgIpc) is 3.07. The summed E-state index contributed by atoms with van der Waals surface area (Å²) < 4.78 is 5.33. The summed E-state index contributed by atoms with van der Waals surface area (Å²) in [6, 6.07) is 6.46. The number of aryl methyl sites for hydroxylation is 1. The Hall–Kier alpha value is -2.23. The Morgan fingerprint density at radius 3 is 3.08 bits per heavy atom. The Morgan fingerprint density at radius 1 is 1.32 bits per heavy atom. The molecule has 25 heavy (non-hydrogen) atoms. The minimum absolute atomic E-state index is 0.308. The zero-order valence-electron chi connectivity index (χ0n) is 14.8. The fourth-order valence-electron chi connectivity index (χ4n) is 4.42. The Morgan fingerprint density at radius 2 is 2.20 bits per heavy atom. The van der Waals surface area contributed by atoms with Crippen molar-refractivity contribution in [2.75, 3.05) is 13.7 Å². The van der Waals surface area contributed by atoms with Crippen LogP contribution in [0.3, 0.4) is 0 Å². The van der Waals surface area contributed by atoms with Crippen molar-refractivity contribution in [3.8, 4) is 5.75 Å². The minimum atomic E-state index is 0.308. The van der Waals surface area contributed by atoms with E-state index in [0.29, 0.717) is 24.3 Å². The summed E-state index contributed by atoms with van der Waals surface area (Å²) in [5.41, 5.74) is 2.29. The van der Waals surface area contributed by atoms with Crippen molar-refractivity contribution < 1.29 is 9.53 Å². The topological polar surface area (TPSA) is 45.3 Å². The summed E-state index contributed by atoms with van der Waals surface area (Å²) in [6.07, 6.45) is 12.5. The van der Waals surface area contributed by atoms with Crippen molar-refractivity contribution >= 4 is 16.8 Å². The number of nitrogens with one attached hydrogen (secondary N) is 1. The van der Waals surface area contributed by atoms with Gasteiger partial charge in [-0.1, -0.05) is 12.2 Å². The van der Waals surface area contributed by atoms with E-state index in [1.165, 1.54) is 12.0 Å². The fraction of sp³-hybridized carbons (Fsp3) is 0.476. The smallest absolute Gasteiger partial charge is 0.223 e. The molecule has 0 bridgehead atoms. The largest absolute Gasteiger partial charge is 0.497 e. The first-order chi connectivity index (χ1) is 12.3. The Bertz CT molecular complexity index is 792. The molecule has 4 heteroatoms. The maximum atomic E-state index is 12.9. The molecule has 1 amide bonds. The summed E-state index contributed by atoms with van der Waals surface area (Å²) in [6.45, 7) is 0.926. The summed E-state index contributed by atoms with van der Waals surface area (Å²) in [5, 5.41) is 1.16. The molecule has 1 saturated heterocycles. The Kier molecular flexibility index (Phi) is 4.51. The predicted molar refractivity (Wildman–Crippen MR) is 99.8 cm³/mol. The van der Waals surface area contributed by atoms with Crippen LogP contribution in [-0.2, 0) is 11.2 Å². The molecule has 1 fully saturated rings. The van der Waals surface area contributed by atoms with Crippen molar-refractivity contribution in [1.82, 2.24) is 9.88 Å². The van der Waals surface area contributed by atoms with E-state index < -0.39 is 0 Å². The van der Waals surface area contributed by atoms with Gasteiger partial charge in [-0.25, -0.2) is 0 Å². The molecule has 1 aromatic carbocycles. The SMILES string of the molecule is COc1ccc2[nH]cc(CCC(=O)N3CCCC4CC=CCC43)c2c1. The monoisotopic (exact) mass is 338 g/mol. The van der Waals surface area contributed by atoms with Crippen molar-refractivity contribution in [1.29, 1.82) is 0 Å². The maximum Gasteiger partial charge on any atom is 0.223 e. The Balaban J connectivity index is 1.46. The summed E-state index contributed by atoms with van der Waals surface area (Å²) >= 11 is 0. The van der Waals surface area contributed by atoms with Crippen LogP contribution in [0, 0.1) is 5.92 Å². The molecule has 2 unspecified atom stereocenters. The van der Waals surface area contributed by atoms with E-state index >= 15 is 0 Å². The molecule has 2 heterocycles. The number of nitrogens with zero attached hydrogens (tertiary/aromatic N) is 1. The van der Waals surface area contributed by atoms with Gasteiger partial charge < -0.3 is 14.6 Å². The number of fused-ring (bicyclic) bond motifs is 2. The van der Waals surface area contributed by atoms with Crippen LogP contribution in [0.5, 0.6) is 5.75 Å². The first kappa shape index (κ1) is 16.2. The lowest BCUT2D eigenvalue weighted by Crippen LogP contribution is -2.49. The minimum Gasteiger partial charge on any atom is -0.497 e. The highest BCUT2D eigenvalue weighted by Gasteiger charge is 2.33. The fourth-order valence-corrected chi connectivity index (χ4v) is 4.42. The number of amides is 1. The molecular weight excluding hydrogens is 312 g/mol. The average molecular weight is 338 g/mol. The molecule has 4 nitrogen and oxygen atoms in total. The molecule has 0 saturated carbocycles. The zero-order chi connectivity index (χ0) is 17.2. The molecule has 2 aromatic rings. The summed E-state index contributed by atoms with van der Waals surface area (Å²) in [7, 11) is 1.68. The highest BCUT2D eigenvalue weighted by Crippen LogP contribution is 2.33. The van der Waals surface area contributed by atoms with Crippen LogP contribution in [0.2, 0.25) is 0 Å². The number of H-pyrrole nitrogens is 1. The number of ether oxygens (including phenoxy) is 1. The van der Waals surface area contributed by atoms with Gasteiger partial charge in [0, 0.05) is 36.1 Å². The number of benzene rings is 1. The number of carbonyl (C=O) groups is 1. The van der Waals surface area contributed by atoms with Gasteiger partial charge in [0.2, 0.25) is 5.91 Å². The van der Waals surface area contributed by atoms with Gasteiger partial charge in [0.15, 0.2) is 0 Å². The third kappa shape index (κ3) is 3.17. The molecule has 1 N–H and O–H groups in total. The van der Waals surface area contributed by atoms with Gasteiger partial charge in [-0.05, 0) is 61.8 Å². The van der Waals surface area contributed by atoms with E-state index in [9.17, 15) is 4.79 Å². The molecule has 1 aromatic heterocycles. The highest BCUT2D eigenvalue weighted by atomic mass is 16.5. The summed E-state index contributed by atoms with van der Waals surface area (Å²) in [4.78, 5) is 18.3. The second-order valence-electron chi connectivity index (χ2n) is 7.23. The van der Waals surface area contributed by atoms with Crippen LogP contribution in [0.4, 0.5) is 0 Å². The molecule has 4 rings (SSSR count). The van der Waals surface area contributed by atoms with Crippen LogP contribution in [0.1, 0.15) is 37.7 Å². The second-order valence-corrected chi connectivity index (χ2v) is 7.23. The quantitative estimate of drug-likeness (QED) is 0.854. The number of allylic oxidation sites excluding steroid dienone is 1. The van der Waals surface area contributed by atoms with Gasteiger partial charge in [-0.3, -0.25) is 4.79 Å². The van der Waals surface area contributed by atoms with Crippen LogP contribution in [0.15, 0.2) is 36.5 Å². The number of aromatic nitrogens is 1. The van der Waals surface area contributed by atoms with E-state index in [1.54, 1.807) is 7.11 Å². The van der Waals surface area contributed by atoms with Gasteiger partial charge in [-0.15, -0.1) is 0 Å². The first-order valence-electron chi connectivity index (χ1n) is 9.34. The Labute approximate surface area is 148 Å². The van der Waals surface area contributed by atoms with Gasteiger partial charge in [-0.2, -0.15) is 0 Å². The molecule has 1 aliphatic heterocycles. The van der Waals surface area contributed by atoms with Gasteiger partial charge >= 0.3 is 0 Å². The van der Waals surface area contributed by atoms with Crippen LogP contribution in [0.25, 0.3) is 10.9 Å². The highest BCUT2D eigenvalue weighted by molar-refractivity contribution is 5.85. The lowest BCUT2D eigenvalue weighted by atomic mass is 9.81. The molecule has 2 atom stereocenters. The molecule has 0 radical (unpaired) electrons. The second kappa shape index (κ2) is 6.95. The van der Waals surface area contributed by atoms with E-state index in [1.807, 2.05) is 18.3 Å². The molecule has 2 aliphatic rings. The number of likely N-dealkylation sites (tertiary alicyclic amines) is 1. The first-order valence-corrected chi connectivity index (χ1v) is 9.34.